The maximum atomic E-state index is 12.2. The SMILES string of the molecule is CC1(CO)CCCC1NC(=O)Cn1nc2ccccn2c1=O. The second kappa shape index (κ2) is 5.57. The van der Waals surface area contributed by atoms with Gasteiger partial charge >= 0.3 is 5.69 Å². The topological polar surface area (TPSA) is 88.6 Å². The molecule has 1 aliphatic rings. The largest absolute Gasteiger partial charge is 0.396 e. The van der Waals surface area contributed by atoms with Crippen molar-refractivity contribution in [3.63, 3.8) is 0 Å². The van der Waals surface area contributed by atoms with Crippen LogP contribution in [0.15, 0.2) is 29.2 Å². The summed E-state index contributed by atoms with van der Waals surface area (Å²) in [7, 11) is 0. The standard InChI is InChI=1S/C15H20N4O3/c1-15(10-20)7-4-5-11(15)16-13(21)9-19-14(22)18-8-3-2-6-12(18)17-19/h2-3,6,8,11,20H,4-5,7,9-10H2,1H3,(H,16,21). The van der Waals surface area contributed by atoms with Crippen LogP contribution in [0.2, 0.25) is 0 Å². The van der Waals surface area contributed by atoms with Crippen molar-refractivity contribution < 1.29 is 9.90 Å². The second-order valence-electron chi connectivity index (χ2n) is 6.19. The van der Waals surface area contributed by atoms with Crippen LogP contribution in [0.1, 0.15) is 26.2 Å². The van der Waals surface area contributed by atoms with Crippen LogP contribution in [0.5, 0.6) is 0 Å². The first-order valence-corrected chi connectivity index (χ1v) is 7.48. The predicted octanol–water partition coefficient (Wildman–Crippen LogP) is 0.163. The highest BCUT2D eigenvalue weighted by atomic mass is 16.3. The molecule has 22 heavy (non-hydrogen) atoms. The van der Waals surface area contributed by atoms with E-state index in [1.165, 1.54) is 4.40 Å². The van der Waals surface area contributed by atoms with E-state index in [1.807, 2.05) is 6.92 Å². The fourth-order valence-corrected chi connectivity index (χ4v) is 3.12. The van der Waals surface area contributed by atoms with Crippen LogP contribution in [0, 0.1) is 5.41 Å². The Bertz CT molecular complexity index is 751. The lowest BCUT2D eigenvalue weighted by atomic mass is 9.86. The van der Waals surface area contributed by atoms with Gasteiger partial charge in [0.25, 0.3) is 0 Å². The van der Waals surface area contributed by atoms with Gasteiger partial charge in [0.05, 0.1) is 6.61 Å². The highest BCUT2D eigenvalue weighted by molar-refractivity contribution is 5.76. The Morgan fingerprint density at radius 1 is 1.55 bits per heavy atom. The predicted molar refractivity (Wildman–Crippen MR) is 80.4 cm³/mol. The van der Waals surface area contributed by atoms with Crippen molar-refractivity contribution in [1.29, 1.82) is 0 Å². The van der Waals surface area contributed by atoms with Crippen LogP contribution in [0.25, 0.3) is 5.65 Å². The number of carbonyl (C=O) groups excluding carboxylic acids is 1. The lowest BCUT2D eigenvalue weighted by Crippen LogP contribution is -2.46. The molecule has 2 unspecified atom stereocenters. The molecule has 0 saturated heterocycles. The molecular weight excluding hydrogens is 284 g/mol. The highest BCUT2D eigenvalue weighted by Crippen LogP contribution is 2.37. The molecule has 2 N–H and O–H groups in total. The molecule has 2 atom stereocenters. The van der Waals surface area contributed by atoms with Crippen LogP contribution in [0.4, 0.5) is 0 Å². The van der Waals surface area contributed by atoms with Gasteiger partial charge in [0, 0.05) is 17.7 Å². The van der Waals surface area contributed by atoms with Gasteiger partial charge in [-0.05, 0) is 25.0 Å². The third-order valence-corrected chi connectivity index (χ3v) is 4.56. The van der Waals surface area contributed by atoms with Crippen molar-refractivity contribution in [3.05, 3.63) is 34.9 Å². The van der Waals surface area contributed by atoms with Crippen molar-refractivity contribution in [3.8, 4) is 0 Å². The first-order valence-electron chi connectivity index (χ1n) is 7.48. The molecule has 2 aromatic heterocycles. The summed E-state index contributed by atoms with van der Waals surface area (Å²) >= 11 is 0. The summed E-state index contributed by atoms with van der Waals surface area (Å²) in [4.78, 5) is 24.3. The molecule has 0 spiro atoms. The summed E-state index contributed by atoms with van der Waals surface area (Å²) in [6.45, 7) is 1.91. The van der Waals surface area contributed by atoms with Gasteiger partial charge in [-0.3, -0.25) is 9.20 Å². The summed E-state index contributed by atoms with van der Waals surface area (Å²) < 4.78 is 2.57. The number of amides is 1. The molecule has 1 amide bonds. The van der Waals surface area contributed by atoms with E-state index in [4.69, 9.17) is 0 Å². The van der Waals surface area contributed by atoms with Gasteiger partial charge in [-0.2, -0.15) is 0 Å². The Balaban J connectivity index is 1.74. The number of hydrogen-bond donors (Lipinski definition) is 2. The Hall–Kier alpha value is -2.15. The van der Waals surface area contributed by atoms with Crippen molar-refractivity contribution in [2.24, 2.45) is 5.41 Å². The van der Waals surface area contributed by atoms with Gasteiger partial charge in [-0.25, -0.2) is 9.48 Å². The smallest absolute Gasteiger partial charge is 0.350 e. The second-order valence-corrected chi connectivity index (χ2v) is 6.19. The number of nitrogens with zero attached hydrogens (tertiary/aromatic N) is 3. The average Bonchev–Trinajstić information content (AvgIpc) is 3.02. The summed E-state index contributed by atoms with van der Waals surface area (Å²) in [6.07, 6.45) is 4.35. The van der Waals surface area contributed by atoms with Gasteiger partial charge in [-0.15, -0.1) is 5.10 Å². The maximum Gasteiger partial charge on any atom is 0.350 e. The van der Waals surface area contributed by atoms with Gasteiger partial charge in [0.1, 0.15) is 6.54 Å². The van der Waals surface area contributed by atoms with Crippen molar-refractivity contribution in [1.82, 2.24) is 19.5 Å². The molecule has 2 aromatic rings. The monoisotopic (exact) mass is 304 g/mol. The maximum absolute atomic E-state index is 12.2. The van der Waals surface area contributed by atoms with Crippen LogP contribution < -0.4 is 11.0 Å². The minimum absolute atomic E-state index is 0.0479. The van der Waals surface area contributed by atoms with E-state index in [9.17, 15) is 14.7 Å². The molecule has 118 valence electrons. The van der Waals surface area contributed by atoms with Gasteiger partial charge in [0.2, 0.25) is 5.91 Å². The Kier molecular flexibility index (Phi) is 3.74. The number of aliphatic hydroxyl groups is 1. The number of carbonyl (C=O) groups is 1. The van der Waals surface area contributed by atoms with Crippen LogP contribution in [-0.2, 0) is 11.3 Å². The summed E-state index contributed by atoms with van der Waals surface area (Å²) in [6, 6.07) is 5.19. The van der Waals surface area contributed by atoms with Crippen LogP contribution >= 0.6 is 0 Å². The zero-order valence-electron chi connectivity index (χ0n) is 12.5. The van der Waals surface area contributed by atoms with Gasteiger partial charge in [0.15, 0.2) is 5.65 Å². The number of hydrogen-bond acceptors (Lipinski definition) is 4. The normalized spacial score (nSPS) is 24.7. The molecule has 2 heterocycles. The Labute approximate surface area is 127 Å². The van der Waals surface area contributed by atoms with Gasteiger partial charge < -0.3 is 10.4 Å². The van der Waals surface area contributed by atoms with Crippen molar-refractivity contribution >= 4 is 11.6 Å². The zero-order valence-corrected chi connectivity index (χ0v) is 12.5. The van der Waals surface area contributed by atoms with E-state index < -0.39 is 0 Å². The molecule has 7 heteroatoms. The molecule has 0 radical (unpaired) electrons. The van der Waals surface area contributed by atoms with Gasteiger partial charge in [-0.1, -0.05) is 19.4 Å². The molecule has 0 aromatic carbocycles. The van der Waals surface area contributed by atoms with Crippen molar-refractivity contribution in [2.75, 3.05) is 6.61 Å². The third kappa shape index (κ3) is 2.52. The van der Waals surface area contributed by atoms with E-state index in [2.05, 4.69) is 10.4 Å². The van der Waals surface area contributed by atoms with E-state index in [0.29, 0.717) is 5.65 Å². The number of aromatic nitrogens is 3. The molecule has 7 nitrogen and oxygen atoms in total. The zero-order chi connectivity index (χ0) is 15.7. The molecule has 1 saturated carbocycles. The van der Waals surface area contributed by atoms with E-state index in [1.54, 1.807) is 24.4 Å². The first-order chi connectivity index (χ1) is 10.5. The number of nitrogens with one attached hydrogen (secondary N) is 1. The summed E-state index contributed by atoms with van der Waals surface area (Å²) in [5, 5.41) is 16.6. The number of fused-ring (bicyclic) bond motifs is 1. The third-order valence-electron chi connectivity index (χ3n) is 4.56. The highest BCUT2D eigenvalue weighted by Gasteiger charge is 2.39. The number of aliphatic hydroxyl groups excluding tert-OH is 1. The number of pyridine rings is 1. The Morgan fingerprint density at radius 2 is 2.36 bits per heavy atom. The van der Waals surface area contributed by atoms with Crippen LogP contribution in [-0.4, -0.2) is 37.8 Å². The minimum Gasteiger partial charge on any atom is -0.396 e. The molecule has 0 bridgehead atoms. The lowest BCUT2D eigenvalue weighted by molar-refractivity contribution is -0.123. The van der Waals surface area contributed by atoms with E-state index >= 15 is 0 Å². The van der Waals surface area contributed by atoms with Crippen molar-refractivity contribution in [2.45, 2.75) is 38.8 Å². The lowest BCUT2D eigenvalue weighted by Gasteiger charge is -2.30. The Morgan fingerprint density at radius 3 is 3.09 bits per heavy atom. The van der Waals surface area contributed by atoms with E-state index in [-0.39, 0.29) is 36.2 Å². The van der Waals surface area contributed by atoms with Crippen LogP contribution in [0.3, 0.4) is 0 Å². The molecular formula is C15H20N4O3. The molecule has 1 fully saturated rings. The number of rotatable bonds is 4. The van der Waals surface area contributed by atoms with E-state index in [0.717, 1.165) is 23.9 Å². The quantitative estimate of drug-likeness (QED) is 0.842. The summed E-state index contributed by atoms with van der Waals surface area (Å²) in [5.74, 6) is -0.253. The minimum atomic E-state index is -0.331. The fraction of sp³-hybridized carbons (Fsp3) is 0.533. The fourth-order valence-electron chi connectivity index (χ4n) is 3.12. The molecule has 3 rings (SSSR count). The summed E-state index contributed by atoms with van der Waals surface area (Å²) in [5.41, 5.74) is -0.0945. The first kappa shape index (κ1) is 14.8. The molecule has 0 aliphatic heterocycles. The molecule has 1 aliphatic carbocycles. The average molecular weight is 304 g/mol.